The van der Waals surface area contributed by atoms with E-state index in [1.165, 1.54) is 22.3 Å². The number of anilines is 1. The average molecular weight is 247 g/mol. The standard InChI is InChI=1S/C13H10FNOS/c14-10-4-1-3-9-6-7-15(12(9)10)13(16)11-5-2-8-17-11/h1-5,8H,6-7H2. The van der Waals surface area contributed by atoms with Crippen molar-refractivity contribution in [2.75, 3.05) is 11.4 Å². The van der Waals surface area contributed by atoms with Crippen LogP contribution in [0.2, 0.25) is 0 Å². The predicted octanol–water partition coefficient (Wildman–Crippen LogP) is 3.09. The molecule has 0 aliphatic carbocycles. The summed E-state index contributed by atoms with van der Waals surface area (Å²) in [5, 5.41) is 1.85. The summed E-state index contributed by atoms with van der Waals surface area (Å²) in [6.45, 7) is 0.562. The number of halogens is 1. The van der Waals surface area contributed by atoms with Gasteiger partial charge in [-0.2, -0.15) is 0 Å². The van der Waals surface area contributed by atoms with Crippen molar-refractivity contribution in [1.82, 2.24) is 0 Å². The molecule has 0 radical (unpaired) electrons. The Bertz CT molecular complexity index is 565. The molecule has 0 unspecified atom stereocenters. The van der Waals surface area contributed by atoms with Crippen molar-refractivity contribution in [1.29, 1.82) is 0 Å². The normalized spacial score (nSPS) is 13.8. The number of carbonyl (C=O) groups excluding carboxylic acids is 1. The molecule has 1 aliphatic heterocycles. The van der Waals surface area contributed by atoms with Gasteiger partial charge in [0.15, 0.2) is 0 Å². The highest BCUT2D eigenvalue weighted by molar-refractivity contribution is 7.12. The van der Waals surface area contributed by atoms with Gasteiger partial charge < -0.3 is 4.90 Å². The molecule has 1 aliphatic rings. The van der Waals surface area contributed by atoms with Crippen LogP contribution in [0.3, 0.4) is 0 Å². The molecule has 1 aromatic heterocycles. The first-order valence-electron chi connectivity index (χ1n) is 5.40. The molecule has 1 aromatic carbocycles. The van der Waals surface area contributed by atoms with Crippen molar-refractivity contribution >= 4 is 22.9 Å². The molecule has 0 atom stereocenters. The smallest absolute Gasteiger partial charge is 0.268 e. The van der Waals surface area contributed by atoms with Gasteiger partial charge in [0.05, 0.1) is 10.6 Å². The molecule has 17 heavy (non-hydrogen) atoms. The van der Waals surface area contributed by atoms with Crippen molar-refractivity contribution in [2.24, 2.45) is 0 Å². The molecule has 0 spiro atoms. The molecule has 86 valence electrons. The van der Waals surface area contributed by atoms with Crippen molar-refractivity contribution < 1.29 is 9.18 Å². The van der Waals surface area contributed by atoms with Gasteiger partial charge in [-0.25, -0.2) is 4.39 Å². The Morgan fingerprint density at radius 3 is 2.94 bits per heavy atom. The third kappa shape index (κ3) is 1.65. The number of hydrogen-bond donors (Lipinski definition) is 0. The highest BCUT2D eigenvalue weighted by Crippen LogP contribution is 2.32. The maximum Gasteiger partial charge on any atom is 0.268 e. The molecule has 2 heterocycles. The summed E-state index contributed by atoms with van der Waals surface area (Å²) in [4.78, 5) is 14.4. The zero-order chi connectivity index (χ0) is 11.8. The summed E-state index contributed by atoms with van der Waals surface area (Å²) in [6.07, 6.45) is 0.726. The summed E-state index contributed by atoms with van der Waals surface area (Å²) in [7, 11) is 0. The Labute approximate surface area is 102 Å². The molecule has 4 heteroatoms. The second-order valence-electron chi connectivity index (χ2n) is 3.93. The molecule has 3 rings (SSSR count). The maximum atomic E-state index is 13.8. The lowest BCUT2D eigenvalue weighted by atomic mass is 10.1. The van der Waals surface area contributed by atoms with E-state index in [0.717, 1.165) is 12.0 Å². The fraction of sp³-hybridized carbons (Fsp3) is 0.154. The van der Waals surface area contributed by atoms with Gasteiger partial charge in [-0.15, -0.1) is 11.3 Å². The molecular weight excluding hydrogens is 237 g/mol. The van der Waals surface area contributed by atoms with Gasteiger partial charge in [-0.05, 0) is 29.5 Å². The number of para-hydroxylation sites is 1. The summed E-state index contributed by atoms with van der Waals surface area (Å²) >= 11 is 1.38. The Morgan fingerprint density at radius 2 is 2.18 bits per heavy atom. The van der Waals surface area contributed by atoms with Gasteiger partial charge in [0.25, 0.3) is 5.91 Å². The molecule has 0 saturated carbocycles. The number of nitrogens with zero attached hydrogens (tertiary/aromatic N) is 1. The van der Waals surface area contributed by atoms with Gasteiger partial charge in [0.2, 0.25) is 0 Å². The topological polar surface area (TPSA) is 20.3 Å². The average Bonchev–Trinajstić information content (AvgIpc) is 2.98. The Morgan fingerprint density at radius 1 is 1.29 bits per heavy atom. The highest BCUT2D eigenvalue weighted by atomic mass is 32.1. The van der Waals surface area contributed by atoms with Crippen LogP contribution in [0.15, 0.2) is 35.7 Å². The lowest BCUT2D eigenvalue weighted by Gasteiger charge is -2.16. The van der Waals surface area contributed by atoms with E-state index in [0.29, 0.717) is 17.1 Å². The van der Waals surface area contributed by atoms with Crippen molar-refractivity contribution in [3.05, 3.63) is 52.0 Å². The van der Waals surface area contributed by atoms with Gasteiger partial charge in [-0.1, -0.05) is 18.2 Å². The number of amides is 1. The molecule has 2 nitrogen and oxygen atoms in total. The Balaban J connectivity index is 2.02. The van der Waals surface area contributed by atoms with Crippen LogP contribution >= 0.6 is 11.3 Å². The number of rotatable bonds is 1. The second kappa shape index (κ2) is 3.96. The fourth-order valence-electron chi connectivity index (χ4n) is 2.14. The second-order valence-corrected chi connectivity index (χ2v) is 4.88. The third-order valence-corrected chi connectivity index (χ3v) is 3.78. The Kier molecular flexibility index (Phi) is 2.44. The van der Waals surface area contributed by atoms with Gasteiger partial charge in [0.1, 0.15) is 5.82 Å². The molecule has 2 aromatic rings. The number of carbonyl (C=O) groups is 1. The van der Waals surface area contributed by atoms with Gasteiger partial charge in [-0.3, -0.25) is 4.79 Å². The van der Waals surface area contributed by atoms with Crippen LogP contribution in [0.1, 0.15) is 15.2 Å². The number of hydrogen-bond acceptors (Lipinski definition) is 2. The first kappa shape index (κ1) is 10.5. The van der Waals surface area contributed by atoms with Gasteiger partial charge >= 0.3 is 0 Å². The van der Waals surface area contributed by atoms with Crippen LogP contribution < -0.4 is 4.90 Å². The minimum absolute atomic E-state index is 0.108. The van der Waals surface area contributed by atoms with E-state index in [2.05, 4.69) is 0 Å². The minimum Gasteiger partial charge on any atom is -0.304 e. The predicted molar refractivity (Wildman–Crippen MR) is 66.1 cm³/mol. The van der Waals surface area contributed by atoms with E-state index < -0.39 is 0 Å². The largest absolute Gasteiger partial charge is 0.304 e. The van der Waals surface area contributed by atoms with E-state index >= 15 is 0 Å². The summed E-state index contributed by atoms with van der Waals surface area (Å²) in [5.74, 6) is -0.422. The van der Waals surface area contributed by atoms with E-state index in [4.69, 9.17) is 0 Å². The molecule has 0 fully saturated rings. The molecule has 0 N–H and O–H groups in total. The minimum atomic E-state index is -0.315. The van der Waals surface area contributed by atoms with Crippen molar-refractivity contribution in [3.63, 3.8) is 0 Å². The number of benzene rings is 1. The Hall–Kier alpha value is -1.68. The molecule has 1 amide bonds. The monoisotopic (exact) mass is 247 g/mol. The lowest BCUT2D eigenvalue weighted by Crippen LogP contribution is -2.28. The van der Waals surface area contributed by atoms with E-state index in [1.54, 1.807) is 12.1 Å². The van der Waals surface area contributed by atoms with Crippen LogP contribution in [0.4, 0.5) is 10.1 Å². The fourth-order valence-corrected chi connectivity index (χ4v) is 2.82. The third-order valence-electron chi connectivity index (χ3n) is 2.92. The lowest BCUT2D eigenvalue weighted by molar-refractivity contribution is 0.0992. The first-order valence-corrected chi connectivity index (χ1v) is 6.28. The summed E-state index contributed by atoms with van der Waals surface area (Å²) in [6, 6.07) is 8.56. The zero-order valence-electron chi connectivity index (χ0n) is 9.02. The molecule has 0 saturated heterocycles. The van der Waals surface area contributed by atoms with Crippen molar-refractivity contribution in [2.45, 2.75) is 6.42 Å². The van der Waals surface area contributed by atoms with Crippen molar-refractivity contribution in [3.8, 4) is 0 Å². The van der Waals surface area contributed by atoms with E-state index in [9.17, 15) is 9.18 Å². The highest BCUT2D eigenvalue weighted by Gasteiger charge is 2.28. The molecule has 0 bridgehead atoms. The van der Waals surface area contributed by atoms with Crippen LogP contribution in [0.5, 0.6) is 0 Å². The van der Waals surface area contributed by atoms with Crippen LogP contribution in [-0.4, -0.2) is 12.5 Å². The molecular formula is C13H10FNOS. The van der Waals surface area contributed by atoms with Crippen LogP contribution in [0, 0.1) is 5.82 Å². The SMILES string of the molecule is O=C(c1cccs1)N1CCc2cccc(F)c21. The van der Waals surface area contributed by atoms with Crippen LogP contribution in [-0.2, 0) is 6.42 Å². The van der Waals surface area contributed by atoms with Gasteiger partial charge in [0, 0.05) is 6.54 Å². The van der Waals surface area contributed by atoms with E-state index in [1.807, 2.05) is 17.5 Å². The summed E-state index contributed by atoms with van der Waals surface area (Å²) in [5.41, 5.74) is 1.36. The number of thiophene rings is 1. The zero-order valence-corrected chi connectivity index (χ0v) is 9.84. The maximum absolute atomic E-state index is 13.8. The first-order chi connectivity index (χ1) is 8.27. The number of fused-ring (bicyclic) bond motifs is 1. The quantitative estimate of drug-likeness (QED) is 0.758. The summed E-state index contributed by atoms with van der Waals surface area (Å²) < 4.78 is 13.8. The van der Waals surface area contributed by atoms with Crippen LogP contribution in [0.25, 0.3) is 0 Å². The van der Waals surface area contributed by atoms with E-state index in [-0.39, 0.29) is 11.7 Å².